The Morgan fingerprint density at radius 3 is 1.66 bits per heavy atom. The molecule has 0 unspecified atom stereocenters. The lowest BCUT2D eigenvalue weighted by Crippen LogP contribution is -2.65. The molecule has 0 aromatic rings. The van der Waals surface area contributed by atoms with Crippen LogP contribution in [0.4, 0.5) is 0 Å². The lowest BCUT2D eigenvalue weighted by atomic mass is 9.96. The van der Waals surface area contributed by atoms with E-state index in [1.54, 1.807) is 17.3 Å². The molecule has 0 aliphatic carbocycles. The highest BCUT2D eigenvalue weighted by molar-refractivity contribution is 5.68. The van der Waals surface area contributed by atoms with E-state index in [4.69, 9.17) is 23.7 Å². The fourth-order valence-electron chi connectivity index (χ4n) is 5.69. The van der Waals surface area contributed by atoms with Gasteiger partial charge in [-0.1, -0.05) is 64.7 Å². The Kier molecular flexibility index (Phi) is 16.2. The lowest BCUT2D eigenvalue weighted by molar-refractivity contribution is -0.271. The van der Waals surface area contributed by atoms with Gasteiger partial charge in [0.05, 0.1) is 0 Å². The maximum atomic E-state index is 12.1. The van der Waals surface area contributed by atoms with Gasteiger partial charge in [-0.25, -0.2) is 0 Å². The van der Waals surface area contributed by atoms with Crippen molar-refractivity contribution in [2.75, 3.05) is 26.2 Å². The Bertz CT molecular complexity index is 1070. The zero-order chi connectivity index (χ0) is 34.2. The third-order valence-corrected chi connectivity index (χ3v) is 7.91. The van der Waals surface area contributed by atoms with Gasteiger partial charge in [0.25, 0.3) is 0 Å². The number of nitrogens with zero attached hydrogens (tertiary/aromatic N) is 4. The van der Waals surface area contributed by atoms with Crippen LogP contribution in [0.2, 0.25) is 0 Å². The quantitative estimate of drug-likeness (QED) is 0.105. The van der Waals surface area contributed by atoms with Crippen LogP contribution in [0.25, 0.3) is 0 Å². The summed E-state index contributed by atoms with van der Waals surface area (Å²) in [6.07, 6.45) is 14.8. The van der Waals surface area contributed by atoms with Crippen LogP contribution >= 0.6 is 0 Å². The van der Waals surface area contributed by atoms with Crippen molar-refractivity contribution in [3.8, 4) is 0 Å². The fraction of sp³-hybridized carbons (Fsp3) is 0.706. The van der Waals surface area contributed by atoms with E-state index in [1.165, 1.54) is 85.5 Å². The number of unbranched alkanes of at least 4 members (excludes halogenated alkanes) is 9. The molecular formula is C34H52N4O9. The Hall–Kier alpha value is -3.48. The molecule has 0 bridgehead atoms. The predicted octanol–water partition coefficient (Wildman–Crippen LogP) is 4.16. The van der Waals surface area contributed by atoms with Gasteiger partial charge in [0, 0.05) is 72.1 Å². The summed E-state index contributed by atoms with van der Waals surface area (Å²) in [6, 6.07) is 0. The van der Waals surface area contributed by atoms with Gasteiger partial charge >= 0.3 is 23.9 Å². The maximum Gasteiger partial charge on any atom is 0.303 e. The first-order valence-corrected chi connectivity index (χ1v) is 16.8. The molecule has 13 heteroatoms. The minimum Gasteiger partial charge on any atom is -0.463 e. The third kappa shape index (κ3) is 13.3. The standard InChI is InChI=1S/C34H52N4O9/c1-6-7-8-9-10-11-12-13-14-15-16-35-17-18-36(24-35)19-20-37-21-22-38(25-37)34-33(46-29(5)42)32(45-28(4)41)31(44-27(3)40)30(47-34)23-43-26(2)39/h17-18,21-22,30-34H,6-16,19-20,23H2,1-5H3/t30-,31-,32+,33-,34-/m1/s1. The van der Waals surface area contributed by atoms with Crippen LogP contribution in [-0.4, -0.2) is 100 Å². The smallest absolute Gasteiger partial charge is 0.303 e. The van der Waals surface area contributed by atoms with E-state index >= 15 is 0 Å². The molecule has 3 rings (SSSR count). The van der Waals surface area contributed by atoms with E-state index in [9.17, 15) is 19.2 Å². The molecule has 0 amide bonds. The highest BCUT2D eigenvalue weighted by Crippen LogP contribution is 2.33. The van der Waals surface area contributed by atoms with E-state index in [1.807, 2.05) is 22.2 Å². The van der Waals surface area contributed by atoms with Gasteiger partial charge < -0.3 is 43.3 Å². The first-order chi connectivity index (χ1) is 22.6. The largest absolute Gasteiger partial charge is 0.463 e. The monoisotopic (exact) mass is 660 g/mol. The number of rotatable bonds is 20. The topological polar surface area (TPSA) is 127 Å². The molecule has 0 aromatic carbocycles. The predicted molar refractivity (Wildman–Crippen MR) is 171 cm³/mol. The Labute approximate surface area is 280 Å². The van der Waals surface area contributed by atoms with Crippen LogP contribution in [0.1, 0.15) is 98.8 Å². The van der Waals surface area contributed by atoms with Crippen molar-refractivity contribution in [3.05, 3.63) is 38.1 Å². The number of carbonyl (C=O) groups is 4. The van der Waals surface area contributed by atoms with Crippen LogP contribution in [0.5, 0.6) is 0 Å². The van der Waals surface area contributed by atoms with Crippen LogP contribution in [0, 0.1) is 13.3 Å². The Morgan fingerprint density at radius 2 is 1.09 bits per heavy atom. The van der Waals surface area contributed by atoms with Gasteiger partial charge in [0.15, 0.2) is 24.5 Å². The van der Waals surface area contributed by atoms with Crippen molar-refractivity contribution in [2.24, 2.45) is 0 Å². The summed E-state index contributed by atoms with van der Waals surface area (Å²) < 4.78 is 27.9. The van der Waals surface area contributed by atoms with Gasteiger partial charge in [-0.3, -0.25) is 19.2 Å². The van der Waals surface area contributed by atoms with Crippen LogP contribution in [-0.2, 0) is 42.9 Å². The number of esters is 4. The highest BCUT2D eigenvalue weighted by atomic mass is 16.7. The average Bonchev–Trinajstić information content (AvgIpc) is 3.67. The van der Waals surface area contributed by atoms with Crippen LogP contribution in [0.15, 0.2) is 24.8 Å². The molecule has 0 N–H and O–H groups in total. The molecule has 0 aromatic heterocycles. The second kappa shape index (κ2) is 20.0. The van der Waals surface area contributed by atoms with E-state index in [2.05, 4.69) is 25.2 Å². The Morgan fingerprint density at radius 1 is 0.596 bits per heavy atom. The maximum absolute atomic E-state index is 12.1. The van der Waals surface area contributed by atoms with Crippen molar-refractivity contribution in [3.63, 3.8) is 0 Å². The molecule has 1 saturated heterocycles. The second-order valence-corrected chi connectivity index (χ2v) is 12.1. The third-order valence-electron chi connectivity index (χ3n) is 7.91. The summed E-state index contributed by atoms with van der Waals surface area (Å²) in [5, 5.41) is 0. The van der Waals surface area contributed by atoms with Crippen molar-refractivity contribution < 1.29 is 42.9 Å². The molecule has 3 heterocycles. The molecule has 0 saturated carbocycles. The summed E-state index contributed by atoms with van der Waals surface area (Å²) >= 11 is 0. The van der Waals surface area contributed by atoms with Crippen molar-refractivity contribution in [2.45, 2.75) is 129 Å². The van der Waals surface area contributed by atoms with Crippen molar-refractivity contribution in [1.82, 2.24) is 19.6 Å². The van der Waals surface area contributed by atoms with Gasteiger partial charge in [-0.2, -0.15) is 0 Å². The average molecular weight is 661 g/mol. The molecule has 0 spiro atoms. The Balaban J connectivity index is 1.50. The summed E-state index contributed by atoms with van der Waals surface area (Å²) in [5.41, 5.74) is 0. The minimum atomic E-state index is -1.25. The fourth-order valence-corrected chi connectivity index (χ4v) is 5.69. The molecule has 5 atom stereocenters. The first-order valence-electron chi connectivity index (χ1n) is 16.8. The normalized spacial score (nSPS) is 23.7. The summed E-state index contributed by atoms with van der Waals surface area (Å²) in [4.78, 5) is 55.3. The molecule has 3 aliphatic heterocycles. The molecule has 3 aliphatic rings. The van der Waals surface area contributed by atoms with E-state index < -0.39 is 54.5 Å². The summed E-state index contributed by atoms with van der Waals surface area (Å²) in [5.74, 6) is -2.60. The number of hydrogen-bond donors (Lipinski definition) is 0. The van der Waals surface area contributed by atoms with Crippen LogP contribution < -0.4 is 0 Å². The molecule has 1 fully saturated rings. The van der Waals surface area contributed by atoms with E-state index in [-0.39, 0.29) is 6.61 Å². The van der Waals surface area contributed by atoms with E-state index in [0.717, 1.165) is 13.0 Å². The highest BCUT2D eigenvalue weighted by Gasteiger charge is 2.54. The van der Waals surface area contributed by atoms with Crippen molar-refractivity contribution in [1.29, 1.82) is 0 Å². The number of hydrogen-bond acceptors (Lipinski definition) is 13. The van der Waals surface area contributed by atoms with Gasteiger partial charge in [-0.15, -0.1) is 0 Å². The van der Waals surface area contributed by atoms with Crippen LogP contribution in [0.3, 0.4) is 0 Å². The number of carbonyl (C=O) groups excluding carboxylic acids is 4. The first kappa shape index (κ1) is 38.0. The van der Waals surface area contributed by atoms with Gasteiger partial charge in [-0.05, 0) is 6.42 Å². The van der Waals surface area contributed by atoms with Crippen molar-refractivity contribution >= 4 is 23.9 Å². The number of ether oxygens (including phenoxy) is 5. The zero-order valence-corrected chi connectivity index (χ0v) is 28.6. The molecule has 13 nitrogen and oxygen atoms in total. The SMILES string of the molecule is CCCCCCCCCCCCN1[C]N(CCN2[C]N([C@@H]3O[C@H](COC(C)=O)[C@@H](OC(C)=O)[C@H](OC(C)=O)[C@H]3OC(C)=O)C=C2)C=C1. The van der Waals surface area contributed by atoms with Gasteiger partial charge in [0.2, 0.25) is 13.3 Å². The second-order valence-electron chi connectivity index (χ2n) is 12.1. The molecule has 262 valence electrons. The molecule has 47 heavy (non-hydrogen) atoms. The lowest BCUT2D eigenvalue weighted by Gasteiger charge is -2.46. The minimum absolute atomic E-state index is 0.293. The molecule has 4 radical (unpaired) electrons. The van der Waals surface area contributed by atoms with Gasteiger partial charge in [0.1, 0.15) is 12.7 Å². The molecular weight excluding hydrogens is 608 g/mol. The zero-order valence-electron chi connectivity index (χ0n) is 28.6. The summed E-state index contributed by atoms with van der Waals surface area (Å²) in [7, 11) is 0. The summed E-state index contributed by atoms with van der Waals surface area (Å²) in [6.45, 7) is 15.5. The van der Waals surface area contributed by atoms with E-state index in [0.29, 0.717) is 13.1 Å².